The highest BCUT2D eigenvalue weighted by molar-refractivity contribution is 5.95. The van der Waals surface area contributed by atoms with Crippen LogP contribution in [-0.2, 0) is 13.0 Å². The molecule has 0 atom stereocenters. The molecule has 1 aliphatic rings. The zero-order valence-electron chi connectivity index (χ0n) is 20.1. The van der Waals surface area contributed by atoms with Crippen LogP contribution in [0.1, 0.15) is 32.0 Å². The average molecular weight is 482 g/mol. The molecule has 0 radical (unpaired) electrons. The van der Waals surface area contributed by atoms with E-state index >= 15 is 0 Å². The van der Waals surface area contributed by atoms with Crippen molar-refractivity contribution >= 4 is 23.0 Å². The number of amides is 2. The third kappa shape index (κ3) is 4.75. The molecule has 2 amide bonds. The minimum Gasteiger partial charge on any atom is -0.335 e. The summed E-state index contributed by atoms with van der Waals surface area (Å²) in [4.78, 5) is 51.8. The predicted octanol–water partition coefficient (Wildman–Crippen LogP) is 2.94. The highest BCUT2D eigenvalue weighted by Crippen LogP contribution is 2.14. The number of carbonyl (C=O) groups excluding carboxylic acids is 2. The summed E-state index contributed by atoms with van der Waals surface area (Å²) in [6.07, 6.45) is 2.25. The first-order chi connectivity index (χ1) is 17.5. The molecule has 3 heterocycles. The Morgan fingerprint density at radius 2 is 1.50 bits per heavy atom. The Kier molecular flexibility index (Phi) is 6.58. The van der Waals surface area contributed by atoms with Gasteiger partial charge in [-0.3, -0.25) is 19.0 Å². The maximum absolute atomic E-state index is 13.4. The van der Waals surface area contributed by atoms with Gasteiger partial charge in [0.05, 0.1) is 0 Å². The van der Waals surface area contributed by atoms with Crippen LogP contribution >= 0.6 is 0 Å². The van der Waals surface area contributed by atoms with Gasteiger partial charge in [0.25, 0.3) is 17.4 Å². The molecule has 8 heteroatoms. The number of fused-ring (bicyclic) bond motifs is 1. The Labute approximate surface area is 208 Å². The lowest BCUT2D eigenvalue weighted by molar-refractivity contribution is 0.0531. The first-order valence-corrected chi connectivity index (χ1v) is 12.1. The molecule has 1 aliphatic heterocycles. The fourth-order valence-electron chi connectivity index (χ4n) is 4.45. The minimum absolute atomic E-state index is 0.0553. The van der Waals surface area contributed by atoms with Crippen molar-refractivity contribution in [2.75, 3.05) is 26.2 Å². The Morgan fingerprint density at radius 3 is 2.19 bits per heavy atom. The van der Waals surface area contributed by atoms with Gasteiger partial charge in [0.2, 0.25) is 0 Å². The average Bonchev–Trinajstić information content (AvgIpc) is 2.92. The molecule has 0 unspecified atom stereocenters. The zero-order valence-corrected chi connectivity index (χ0v) is 20.1. The van der Waals surface area contributed by atoms with Crippen molar-refractivity contribution in [1.82, 2.24) is 24.3 Å². The van der Waals surface area contributed by atoms with Crippen molar-refractivity contribution in [2.45, 2.75) is 19.9 Å². The SMILES string of the molecule is Cc1ccc(C(=O)N2CCN(C(=O)c3nc4cccnc4n(CCc4ccccc4)c3=O)CC2)cc1. The number of carbonyl (C=O) groups is 2. The molecule has 0 spiro atoms. The van der Waals surface area contributed by atoms with E-state index in [1.165, 1.54) is 0 Å². The second-order valence-corrected chi connectivity index (χ2v) is 8.95. The number of aromatic nitrogens is 3. The van der Waals surface area contributed by atoms with Crippen LogP contribution < -0.4 is 5.56 Å². The molecule has 0 bridgehead atoms. The largest absolute Gasteiger partial charge is 0.335 e. The van der Waals surface area contributed by atoms with Gasteiger partial charge in [-0.2, -0.15) is 0 Å². The summed E-state index contributed by atoms with van der Waals surface area (Å²) in [7, 11) is 0. The van der Waals surface area contributed by atoms with Crippen molar-refractivity contribution in [1.29, 1.82) is 0 Å². The van der Waals surface area contributed by atoms with Gasteiger partial charge < -0.3 is 9.80 Å². The van der Waals surface area contributed by atoms with E-state index in [0.717, 1.165) is 11.1 Å². The molecular weight excluding hydrogens is 454 g/mol. The summed E-state index contributed by atoms with van der Waals surface area (Å²) in [5, 5.41) is 0. The second-order valence-electron chi connectivity index (χ2n) is 8.95. The van der Waals surface area contributed by atoms with Crippen LogP contribution in [0.4, 0.5) is 0 Å². The van der Waals surface area contributed by atoms with E-state index in [-0.39, 0.29) is 11.6 Å². The van der Waals surface area contributed by atoms with Crippen LogP contribution in [0.2, 0.25) is 0 Å². The maximum Gasteiger partial charge on any atom is 0.283 e. The molecule has 4 aromatic rings. The quantitative estimate of drug-likeness (QED) is 0.437. The summed E-state index contributed by atoms with van der Waals surface area (Å²) < 4.78 is 1.54. The van der Waals surface area contributed by atoms with Gasteiger partial charge in [-0.1, -0.05) is 48.0 Å². The van der Waals surface area contributed by atoms with Crippen LogP contribution in [0.15, 0.2) is 77.7 Å². The molecule has 0 N–H and O–H groups in total. The molecule has 2 aromatic heterocycles. The third-order valence-corrected chi connectivity index (χ3v) is 6.52. The lowest BCUT2D eigenvalue weighted by Gasteiger charge is -2.34. The zero-order chi connectivity index (χ0) is 25.1. The molecule has 1 saturated heterocycles. The third-order valence-electron chi connectivity index (χ3n) is 6.52. The van der Waals surface area contributed by atoms with Gasteiger partial charge in [0.1, 0.15) is 5.52 Å². The first kappa shape index (κ1) is 23.4. The summed E-state index contributed by atoms with van der Waals surface area (Å²) in [5.41, 5.74) is 3.22. The van der Waals surface area contributed by atoms with Crippen LogP contribution in [0.25, 0.3) is 11.2 Å². The Bertz CT molecular complexity index is 1460. The van der Waals surface area contributed by atoms with E-state index in [9.17, 15) is 14.4 Å². The van der Waals surface area contributed by atoms with E-state index in [1.54, 1.807) is 32.7 Å². The van der Waals surface area contributed by atoms with Crippen molar-refractivity contribution in [3.63, 3.8) is 0 Å². The fraction of sp³-hybridized carbons (Fsp3) is 0.250. The number of hydrogen-bond acceptors (Lipinski definition) is 5. The minimum atomic E-state index is -0.444. The number of benzene rings is 2. The Hall–Kier alpha value is -4.33. The van der Waals surface area contributed by atoms with Crippen molar-refractivity contribution in [3.8, 4) is 0 Å². The van der Waals surface area contributed by atoms with E-state index in [4.69, 9.17) is 0 Å². The number of nitrogens with zero attached hydrogens (tertiary/aromatic N) is 5. The molecule has 36 heavy (non-hydrogen) atoms. The van der Waals surface area contributed by atoms with Crippen molar-refractivity contribution in [3.05, 3.63) is 106 Å². The first-order valence-electron chi connectivity index (χ1n) is 12.1. The van der Waals surface area contributed by atoms with E-state index in [1.807, 2.05) is 61.5 Å². The molecule has 2 aromatic carbocycles. The van der Waals surface area contributed by atoms with Gasteiger partial charge >= 0.3 is 0 Å². The van der Waals surface area contributed by atoms with Crippen LogP contribution in [0, 0.1) is 6.92 Å². The standard InChI is InChI=1S/C28H27N5O3/c1-20-9-11-22(12-10-20)26(34)31-16-18-32(19-17-31)27(35)24-28(36)33(15-13-21-6-3-2-4-7-21)25-23(30-24)8-5-14-29-25/h2-12,14H,13,15-19H2,1H3. The highest BCUT2D eigenvalue weighted by atomic mass is 16.2. The van der Waals surface area contributed by atoms with Gasteiger partial charge in [0, 0.05) is 44.5 Å². The highest BCUT2D eigenvalue weighted by Gasteiger charge is 2.28. The van der Waals surface area contributed by atoms with E-state index < -0.39 is 11.5 Å². The predicted molar refractivity (Wildman–Crippen MR) is 137 cm³/mol. The lowest BCUT2D eigenvalue weighted by atomic mass is 10.1. The van der Waals surface area contributed by atoms with Gasteiger partial charge in [-0.15, -0.1) is 0 Å². The normalized spacial score (nSPS) is 13.7. The van der Waals surface area contributed by atoms with Crippen molar-refractivity contribution < 1.29 is 9.59 Å². The lowest BCUT2D eigenvalue weighted by Crippen LogP contribution is -2.51. The molecule has 0 aliphatic carbocycles. The van der Waals surface area contributed by atoms with E-state index in [2.05, 4.69) is 9.97 Å². The number of pyridine rings is 1. The summed E-state index contributed by atoms with van der Waals surface area (Å²) in [6, 6.07) is 20.8. The van der Waals surface area contributed by atoms with E-state index in [0.29, 0.717) is 55.9 Å². The molecular formula is C28H27N5O3. The molecule has 8 nitrogen and oxygen atoms in total. The van der Waals surface area contributed by atoms with Crippen LogP contribution in [0.5, 0.6) is 0 Å². The smallest absolute Gasteiger partial charge is 0.283 e. The Morgan fingerprint density at radius 1 is 0.833 bits per heavy atom. The molecule has 5 rings (SSSR count). The number of rotatable bonds is 5. The van der Waals surface area contributed by atoms with Gasteiger partial charge in [-0.05, 0) is 43.2 Å². The topological polar surface area (TPSA) is 88.4 Å². The maximum atomic E-state index is 13.4. The van der Waals surface area contributed by atoms with Crippen LogP contribution in [0.3, 0.4) is 0 Å². The summed E-state index contributed by atoms with van der Waals surface area (Å²) >= 11 is 0. The van der Waals surface area contributed by atoms with Crippen molar-refractivity contribution in [2.24, 2.45) is 0 Å². The molecule has 0 saturated carbocycles. The monoisotopic (exact) mass is 481 g/mol. The molecule has 1 fully saturated rings. The van der Waals surface area contributed by atoms with Crippen LogP contribution in [-0.4, -0.2) is 62.3 Å². The summed E-state index contributed by atoms with van der Waals surface area (Å²) in [5.74, 6) is -0.470. The number of piperazine rings is 1. The Balaban J connectivity index is 1.35. The second kappa shape index (κ2) is 10.1. The van der Waals surface area contributed by atoms with Gasteiger partial charge in [-0.25, -0.2) is 9.97 Å². The number of hydrogen-bond donors (Lipinski definition) is 0. The van der Waals surface area contributed by atoms with Gasteiger partial charge in [0.15, 0.2) is 11.3 Å². The number of aryl methyl sites for hydroxylation is 3. The molecule has 182 valence electrons. The summed E-state index contributed by atoms with van der Waals surface area (Å²) in [6.45, 7) is 3.84. The fourth-order valence-corrected chi connectivity index (χ4v) is 4.45.